The maximum Gasteiger partial charge on any atom is 0.276 e. The van der Waals surface area contributed by atoms with Gasteiger partial charge in [0.25, 0.3) is 5.91 Å². The second kappa shape index (κ2) is 6.34. The molecule has 6 heteroatoms. The van der Waals surface area contributed by atoms with Crippen molar-refractivity contribution in [1.29, 1.82) is 0 Å². The molecule has 1 heterocycles. The van der Waals surface area contributed by atoms with Gasteiger partial charge in [0.15, 0.2) is 5.71 Å². The molecule has 1 N–H and O–H groups in total. The van der Waals surface area contributed by atoms with Crippen molar-refractivity contribution in [3.8, 4) is 0 Å². The Morgan fingerprint density at radius 1 is 1.13 bits per heavy atom. The zero-order valence-electron chi connectivity index (χ0n) is 12.7. The fraction of sp³-hybridized carbons (Fsp3) is 0.118. The van der Waals surface area contributed by atoms with Gasteiger partial charge in [0, 0.05) is 29.8 Å². The first-order valence-corrected chi connectivity index (χ1v) is 7.83. The van der Waals surface area contributed by atoms with Crippen molar-refractivity contribution in [1.82, 2.24) is 0 Å². The number of carbonyl (C=O) groups is 1. The summed E-state index contributed by atoms with van der Waals surface area (Å²) in [5.41, 5.74) is 3.87. The average molecular weight is 371 g/mol. The molecule has 0 bridgehead atoms. The smallest absolute Gasteiger partial charge is 0.276 e. The Balaban J connectivity index is 1.83. The number of rotatable bonds is 3. The lowest BCUT2D eigenvalue weighted by molar-refractivity contribution is -0.110. The molecule has 116 valence electrons. The minimum Gasteiger partial charge on any atom is -0.378 e. The van der Waals surface area contributed by atoms with Gasteiger partial charge in [0.05, 0.1) is 11.9 Å². The van der Waals surface area contributed by atoms with Gasteiger partial charge >= 0.3 is 0 Å². The fourth-order valence-electron chi connectivity index (χ4n) is 2.24. The Hall–Kier alpha value is -2.47. The highest BCUT2D eigenvalue weighted by atomic mass is 79.9. The molecule has 0 saturated carbocycles. The van der Waals surface area contributed by atoms with Gasteiger partial charge < -0.3 is 10.2 Å². The van der Waals surface area contributed by atoms with Gasteiger partial charge in [-0.15, -0.1) is 5.10 Å². The Kier molecular flexibility index (Phi) is 4.25. The van der Waals surface area contributed by atoms with Gasteiger partial charge in [-0.2, -0.15) is 5.10 Å². The molecule has 1 aliphatic rings. The van der Waals surface area contributed by atoms with E-state index < -0.39 is 0 Å². The summed E-state index contributed by atoms with van der Waals surface area (Å²) in [5, 5.41) is 10.9. The maximum atomic E-state index is 12.0. The Bertz CT molecular complexity index is 810. The van der Waals surface area contributed by atoms with Crippen molar-refractivity contribution < 1.29 is 4.79 Å². The van der Waals surface area contributed by atoms with Crippen LogP contribution in [0.15, 0.2) is 57.1 Å². The molecule has 2 aromatic rings. The highest BCUT2D eigenvalue weighted by Crippen LogP contribution is 2.26. The molecule has 3 rings (SSSR count). The number of halogens is 1. The van der Waals surface area contributed by atoms with Crippen molar-refractivity contribution in [3.63, 3.8) is 0 Å². The zero-order valence-corrected chi connectivity index (χ0v) is 14.3. The Labute approximate surface area is 142 Å². The molecule has 1 aliphatic heterocycles. The monoisotopic (exact) mass is 370 g/mol. The third kappa shape index (κ3) is 3.32. The molecule has 0 fully saturated rings. The second-order valence-corrected chi connectivity index (χ2v) is 6.24. The summed E-state index contributed by atoms with van der Waals surface area (Å²) in [6.07, 6.45) is 1.63. The molecule has 0 spiro atoms. The molecule has 0 aromatic heterocycles. The van der Waals surface area contributed by atoms with Gasteiger partial charge in [-0.1, -0.05) is 28.1 Å². The van der Waals surface area contributed by atoms with Crippen LogP contribution in [0.3, 0.4) is 0 Å². The van der Waals surface area contributed by atoms with Crippen molar-refractivity contribution in [3.05, 3.63) is 58.1 Å². The van der Waals surface area contributed by atoms with Crippen molar-refractivity contribution >= 4 is 45.1 Å². The molecule has 23 heavy (non-hydrogen) atoms. The summed E-state index contributed by atoms with van der Waals surface area (Å²) in [6, 6.07) is 13.5. The van der Waals surface area contributed by atoms with E-state index in [4.69, 9.17) is 0 Å². The van der Waals surface area contributed by atoms with Gasteiger partial charge in [0.2, 0.25) is 0 Å². The van der Waals surface area contributed by atoms with Crippen LogP contribution in [0.4, 0.5) is 11.4 Å². The zero-order chi connectivity index (χ0) is 16.4. The number of fused-ring (bicyclic) bond motifs is 1. The largest absolute Gasteiger partial charge is 0.378 e. The number of benzene rings is 2. The van der Waals surface area contributed by atoms with Crippen LogP contribution in [0.2, 0.25) is 0 Å². The number of hydrogen-bond acceptors (Lipinski definition) is 4. The molecule has 0 aliphatic carbocycles. The van der Waals surface area contributed by atoms with E-state index in [1.54, 1.807) is 6.21 Å². The lowest BCUT2D eigenvalue weighted by Gasteiger charge is -2.11. The van der Waals surface area contributed by atoms with E-state index >= 15 is 0 Å². The van der Waals surface area contributed by atoms with E-state index in [1.807, 2.05) is 61.5 Å². The van der Waals surface area contributed by atoms with Crippen LogP contribution in [-0.4, -0.2) is 31.9 Å². The summed E-state index contributed by atoms with van der Waals surface area (Å²) >= 11 is 3.40. The van der Waals surface area contributed by atoms with Crippen LogP contribution in [0.5, 0.6) is 0 Å². The number of amides is 1. The maximum absolute atomic E-state index is 12.0. The Morgan fingerprint density at radius 2 is 1.87 bits per heavy atom. The first-order chi connectivity index (χ1) is 11.0. The predicted molar refractivity (Wildman–Crippen MR) is 97.7 cm³/mol. The summed E-state index contributed by atoms with van der Waals surface area (Å²) in [4.78, 5) is 14.0. The van der Waals surface area contributed by atoms with Gasteiger partial charge in [-0.05, 0) is 35.9 Å². The van der Waals surface area contributed by atoms with Crippen LogP contribution >= 0.6 is 15.9 Å². The molecule has 2 aromatic carbocycles. The Morgan fingerprint density at radius 3 is 2.57 bits per heavy atom. The first kappa shape index (κ1) is 15.4. The summed E-state index contributed by atoms with van der Waals surface area (Å²) in [7, 11) is 3.98. The predicted octanol–water partition coefficient (Wildman–Crippen LogP) is 3.29. The lowest BCUT2D eigenvalue weighted by atomic mass is 10.1. The van der Waals surface area contributed by atoms with E-state index in [1.165, 1.54) is 0 Å². The molecule has 0 unspecified atom stereocenters. The van der Waals surface area contributed by atoms with E-state index in [2.05, 4.69) is 31.4 Å². The quantitative estimate of drug-likeness (QED) is 0.665. The number of nitrogens with one attached hydrogen (secondary N) is 1. The standard InChI is InChI=1S/C17H15BrN4O/c1-22(2)13-6-3-11(4-7-13)10-19-21-16-14-9-12(18)5-8-15(14)20-17(16)23/h3-10H,1-2H3,(H,20,21,23)/b19-10+. The average Bonchev–Trinajstić information content (AvgIpc) is 2.83. The second-order valence-electron chi connectivity index (χ2n) is 5.32. The summed E-state index contributed by atoms with van der Waals surface area (Å²) in [6.45, 7) is 0. The molecule has 0 radical (unpaired) electrons. The van der Waals surface area contributed by atoms with Gasteiger partial charge in [0.1, 0.15) is 0 Å². The molecule has 0 atom stereocenters. The fourth-order valence-corrected chi connectivity index (χ4v) is 2.60. The van der Waals surface area contributed by atoms with Crippen LogP contribution < -0.4 is 10.2 Å². The van der Waals surface area contributed by atoms with E-state index in [0.29, 0.717) is 5.71 Å². The minimum absolute atomic E-state index is 0.238. The van der Waals surface area contributed by atoms with Crippen molar-refractivity contribution in [2.75, 3.05) is 24.3 Å². The first-order valence-electron chi connectivity index (χ1n) is 7.04. The SMILES string of the molecule is CN(C)c1ccc(/C=N/N=C2/C(=O)Nc3ccc(Br)cc32)cc1. The van der Waals surface area contributed by atoms with E-state index in [0.717, 1.165) is 27.0 Å². The highest BCUT2D eigenvalue weighted by Gasteiger charge is 2.26. The third-order valence-corrected chi connectivity index (χ3v) is 3.97. The van der Waals surface area contributed by atoms with Crippen LogP contribution in [0.1, 0.15) is 11.1 Å². The van der Waals surface area contributed by atoms with E-state index in [9.17, 15) is 4.79 Å². The third-order valence-electron chi connectivity index (χ3n) is 3.47. The topological polar surface area (TPSA) is 57.1 Å². The van der Waals surface area contributed by atoms with Crippen LogP contribution in [-0.2, 0) is 4.79 Å². The molecular weight excluding hydrogens is 356 g/mol. The normalized spacial score (nSPS) is 15.1. The van der Waals surface area contributed by atoms with Gasteiger partial charge in [-0.3, -0.25) is 4.79 Å². The summed E-state index contributed by atoms with van der Waals surface area (Å²) < 4.78 is 0.892. The summed E-state index contributed by atoms with van der Waals surface area (Å²) in [5.74, 6) is -0.238. The van der Waals surface area contributed by atoms with Crippen molar-refractivity contribution in [2.24, 2.45) is 10.2 Å². The highest BCUT2D eigenvalue weighted by molar-refractivity contribution is 9.10. The lowest BCUT2D eigenvalue weighted by Crippen LogP contribution is -2.13. The van der Waals surface area contributed by atoms with Crippen LogP contribution in [0, 0.1) is 0 Å². The molecular formula is C17H15BrN4O. The number of nitrogens with zero attached hydrogens (tertiary/aromatic N) is 3. The van der Waals surface area contributed by atoms with Gasteiger partial charge in [-0.25, -0.2) is 0 Å². The van der Waals surface area contributed by atoms with E-state index in [-0.39, 0.29) is 5.91 Å². The molecule has 1 amide bonds. The van der Waals surface area contributed by atoms with Crippen LogP contribution in [0.25, 0.3) is 0 Å². The molecule has 5 nitrogen and oxygen atoms in total. The molecule has 0 saturated heterocycles. The number of carbonyl (C=O) groups excluding carboxylic acids is 1. The minimum atomic E-state index is -0.238. The van der Waals surface area contributed by atoms with Crippen molar-refractivity contribution in [2.45, 2.75) is 0 Å². The number of hydrogen-bond donors (Lipinski definition) is 1. The number of anilines is 2.